The van der Waals surface area contributed by atoms with Crippen LogP contribution >= 0.6 is 0 Å². The Morgan fingerprint density at radius 3 is 2.50 bits per heavy atom. The van der Waals surface area contributed by atoms with Gasteiger partial charge in [0.2, 0.25) is 0 Å². The number of carbonyl (C=O) groups excluding carboxylic acids is 2. The molecule has 0 aliphatic rings. The molecule has 0 aromatic carbocycles. The summed E-state index contributed by atoms with van der Waals surface area (Å²) in [6, 6.07) is -0.458. The second kappa shape index (κ2) is 4.46. The van der Waals surface area contributed by atoms with Crippen LogP contribution < -0.4 is 5.73 Å². The van der Waals surface area contributed by atoms with E-state index in [1.165, 1.54) is 0 Å². The molecule has 0 radical (unpaired) electrons. The third-order valence-corrected chi connectivity index (χ3v) is 0.793. The van der Waals surface area contributed by atoms with Gasteiger partial charge in [0.05, 0.1) is 6.04 Å². The fraction of sp³-hybridized carbons (Fsp3) is 0.600. The van der Waals surface area contributed by atoms with E-state index in [2.05, 4.69) is 0 Å². The lowest BCUT2D eigenvalue weighted by Crippen LogP contribution is -2.20. The summed E-state index contributed by atoms with van der Waals surface area (Å²) >= 11 is 0. The number of carbonyl (C=O) groups is 2. The predicted molar refractivity (Wildman–Crippen MR) is 29.3 cm³/mol. The first-order chi connectivity index (χ1) is 3.81. The zero-order chi connectivity index (χ0) is 6.41. The fourth-order valence-corrected chi connectivity index (χ4v) is 0.329. The van der Waals surface area contributed by atoms with Gasteiger partial charge in [0.15, 0.2) is 0 Å². The van der Waals surface area contributed by atoms with Crippen LogP contribution in [0.4, 0.5) is 0 Å². The summed E-state index contributed by atoms with van der Waals surface area (Å²) in [7, 11) is 0. The lowest BCUT2D eigenvalue weighted by Gasteiger charge is -1.95. The van der Waals surface area contributed by atoms with Gasteiger partial charge in [0.1, 0.15) is 12.6 Å². The largest absolute Gasteiger partial charge is 0.322 e. The molecule has 0 heterocycles. The minimum absolute atomic E-state index is 0.375. The van der Waals surface area contributed by atoms with Crippen LogP contribution in [0.1, 0.15) is 12.8 Å². The van der Waals surface area contributed by atoms with Crippen molar-refractivity contribution >= 4 is 12.6 Å². The molecule has 0 amide bonds. The molecule has 0 spiro atoms. The van der Waals surface area contributed by atoms with E-state index in [0.29, 0.717) is 19.1 Å². The topological polar surface area (TPSA) is 60.2 Å². The quantitative estimate of drug-likeness (QED) is 0.502. The Morgan fingerprint density at radius 1 is 1.50 bits per heavy atom. The van der Waals surface area contributed by atoms with Gasteiger partial charge in [0.25, 0.3) is 0 Å². The molecular weight excluding hydrogens is 106 g/mol. The molecule has 2 N–H and O–H groups in total. The molecule has 0 saturated carbocycles. The molecule has 0 unspecified atom stereocenters. The Kier molecular flexibility index (Phi) is 4.07. The van der Waals surface area contributed by atoms with Crippen molar-refractivity contribution in [2.75, 3.05) is 0 Å². The molecule has 8 heavy (non-hydrogen) atoms. The fourth-order valence-electron chi connectivity index (χ4n) is 0.329. The Morgan fingerprint density at radius 2 is 2.12 bits per heavy atom. The standard InChI is InChI=1S/C5H9NO2/c6-5(4-8)2-1-3-7/h3-5H,1-2,6H2/t5-/m1/s1. The van der Waals surface area contributed by atoms with Crippen LogP contribution in [0, 0.1) is 0 Å². The van der Waals surface area contributed by atoms with Gasteiger partial charge in [-0.25, -0.2) is 0 Å². The van der Waals surface area contributed by atoms with E-state index >= 15 is 0 Å². The van der Waals surface area contributed by atoms with E-state index in [0.717, 1.165) is 6.29 Å². The van der Waals surface area contributed by atoms with Crippen molar-refractivity contribution in [2.45, 2.75) is 18.9 Å². The lowest BCUT2D eigenvalue weighted by atomic mass is 10.2. The third-order valence-electron chi connectivity index (χ3n) is 0.793. The first-order valence-electron chi connectivity index (χ1n) is 2.45. The zero-order valence-corrected chi connectivity index (χ0v) is 4.54. The second-order valence-electron chi connectivity index (χ2n) is 1.54. The molecule has 0 fully saturated rings. The molecular formula is C5H9NO2. The Balaban J connectivity index is 3.09. The smallest absolute Gasteiger partial charge is 0.136 e. The Labute approximate surface area is 47.9 Å². The molecule has 1 atom stereocenters. The van der Waals surface area contributed by atoms with Crippen LogP contribution in [0.2, 0.25) is 0 Å². The normalized spacial score (nSPS) is 12.6. The highest BCUT2D eigenvalue weighted by Gasteiger charge is 1.95. The van der Waals surface area contributed by atoms with E-state index in [1.807, 2.05) is 0 Å². The molecule has 0 aliphatic heterocycles. The third kappa shape index (κ3) is 3.49. The van der Waals surface area contributed by atoms with Crippen molar-refractivity contribution in [2.24, 2.45) is 5.73 Å². The van der Waals surface area contributed by atoms with Gasteiger partial charge < -0.3 is 15.3 Å². The highest BCUT2D eigenvalue weighted by atomic mass is 16.1. The molecule has 0 aromatic heterocycles. The average Bonchev–Trinajstić information content (AvgIpc) is 1.83. The summed E-state index contributed by atoms with van der Waals surface area (Å²) in [5.74, 6) is 0. The van der Waals surface area contributed by atoms with Crippen LogP contribution in [0.15, 0.2) is 0 Å². The zero-order valence-electron chi connectivity index (χ0n) is 4.54. The van der Waals surface area contributed by atoms with E-state index in [1.54, 1.807) is 0 Å². The maximum Gasteiger partial charge on any atom is 0.136 e. The van der Waals surface area contributed by atoms with Crippen molar-refractivity contribution in [3.8, 4) is 0 Å². The summed E-state index contributed by atoms with van der Waals surface area (Å²) in [4.78, 5) is 19.4. The van der Waals surface area contributed by atoms with Crippen molar-refractivity contribution in [1.29, 1.82) is 0 Å². The maximum absolute atomic E-state index is 9.77. The van der Waals surface area contributed by atoms with Crippen LogP contribution in [0.3, 0.4) is 0 Å². The summed E-state index contributed by atoms with van der Waals surface area (Å²) < 4.78 is 0. The van der Waals surface area contributed by atoms with Crippen molar-refractivity contribution in [1.82, 2.24) is 0 Å². The highest BCUT2D eigenvalue weighted by molar-refractivity contribution is 5.58. The first kappa shape index (κ1) is 7.30. The van der Waals surface area contributed by atoms with Crippen molar-refractivity contribution in [3.63, 3.8) is 0 Å². The molecule has 0 saturated heterocycles. The van der Waals surface area contributed by atoms with E-state index in [-0.39, 0.29) is 0 Å². The van der Waals surface area contributed by atoms with Gasteiger partial charge in [-0.3, -0.25) is 0 Å². The summed E-state index contributed by atoms with van der Waals surface area (Å²) in [5, 5.41) is 0. The molecule has 0 aromatic rings. The molecule has 0 aliphatic carbocycles. The minimum atomic E-state index is -0.458. The first-order valence-corrected chi connectivity index (χ1v) is 2.45. The van der Waals surface area contributed by atoms with Crippen molar-refractivity contribution in [3.05, 3.63) is 0 Å². The molecule has 0 bridgehead atoms. The van der Waals surface area contributed by atoms with Gasteiger partial charge in [-0.15, -0.1) is 0 Å². The molecule has 46 valence electrons. The van der Waals surface area contributed by atoms with Gasteiger partial charge in [0, 0.05) is 6.42 Å². The van der Waals surface area contributed by atoms with Crippen LogP contribution in [-0.2, 0) is 9.59 Å². The van der Waals surface area contributed by atoms with Gasteiger partial charge in [-0.2, -0.15) is 0 Å². The number of aldehydes is 2. The second-order valence-corrected chi connectivity index (χ2v) is 1.54. The molecule has 3 heteroatoms. The molecule has 0 rings (SSSR count). The van der Waals surface area contributed by atoms with Crippen LogP contribution in [0.5, 0.6) is 0 Å². The minimum Gasteiger partial charge on any atom is -0.322 e. The average molecular weight is 115 g/mol. The predicted octanol–water partition coefficient (Wildman–Crippen LogP) is -0.508. The monoisotopic (exact) mass is 115 g/mol. The molecule has 3 nitrogen and oxygen atoms in total. The SMILES string of the molecule is N[C@@H](C=O)CCC=O. The lowest BCUT2D eigenvalue weighted by molar-refractivity contribution is -0.109. The van der Waals surface area contributed by atoms with E-state index in [9.17, 15) is 9.59 Å². The maximum atomic E-state index is 9.77. The summed E-state index contributed by atoms with van der Waals surface area (Å²) in [5.41, 5.74) is 5.13. The number of nitrogens with two attached hydrogens (primary N) is 1. The summed E-state index contributed by atoms with van der Waals surface area (Å²) in [6.45, 7) is 0. The van der Waals surface area contributed by atoms with Crippen LogP contribution in [-0.4, -0.2) is 18.6 Å². The van der Waals surface area contributed by atoms with Gasteiger partial charge in [-0.05, 0) is 6.42 Å². The number of hydrogen-bond donors (Lipinski definition) is 1. The van der Waals surface area contributed by atoms with Crippen LogP contribution in [0.25, 0.3) is 0 Å². The Hall–Kier alpha value is -0.700. The van der Waals surface area contributed by atoms with Gasteiger partial charge in [-0.1, -0.05) is 0 Å². The highest BCUT2D eigenvalue weighted by Crippen LogP contribution is 1.85. The number of rotatable bonds is 4. The Bertz CT molecular complexity index is 82.5. The van der Waals surface area contributed by atoms with E-state index < -0.39 is 6.04 Å². The van der Waals surface area contributed by atoms with Crippen molar-refractivity contribution < 1.29 is 9.59 Å². The van der Waals surface area contributed by atoms with Gasteiger partial charge >= 0.3 is 0 Å². The van der Waals surface area contributed by atoms with E-state index in [4.69, 9.17) is 5.73 Å². The summed E-state index contributed by atoms with van der Waals surface area (Å²) in [6.07, 6.45) is 2.24. The number of hydrogen-bond acceptors (Lipinski definition) is 3.